The minimum absolute atomic E-state index is 0.0102. The molecule has 6 heteroatoms. The van der Waals surface area contributed by atoms with E-state index in [1.807, 2.05) is 0 Å². The summed E-state index contributed by atoms with van der Waals surface area (Å²) in [5, 5.41) is 3.56. The van der Waals surface area contributed by atoms with E-state index in [0.29, 0.717) is 0 Å². The summed E-state index contributed by atoms with van der Waals surface area (Å²) in [6.45, 7) is 0. The number of nitrogens with two attached hydrogens (primary N) is 1. The zero-order valence-electron chi connectivity index (χ0n) is 10.6. The van der Waals surface area contributed by atoms with Crippen molar-refractivity contribution in [1.29, 1.82) is 0 Å². The average Bonchev–Trinajstić information content (AvgIpc) is 2.80. The van der Waals surface area contributed by atoms with Crippen LogP contribution in [0.2, 0.25) is 0 Å². The highest BCUT2D eigenvalue weighted by atomic mass is 19.1. The summed E-state index contributed by atoms with van der Waals surface area (Å²) in [6.07, 6.45) is 0. The highest BCUT2D eigenvalue weighted by Crippen LogP contribution is 2.38. The monoisotopic (exact) mass is 290 g/mol. The summed E-state index contributed by atoms with van der Waals surface area (Å²) in [4.78, 5) is 0. The van der Waals surface area contributed by atoms with Crippen molar-refractivity contribution in [2.75, 3.05) is 5.73 Å². The van der Waals surface area contributed by atoms with Crippen LogP contribution in [0.1, 0.15) is 0 Å². The van der Waals surface area contributed by atoms with Gasteiger partial charge >= 0.3 is 0 Å². The second kappa shape index (κ2) is 4.97. The lowest BCUT2D eigenvalue weighted by atomic mass is 10.0. The van der Waals surface area contributed by atoms with Gasteiger partial charge in [-0.15, -0.1) is 0 Å². The van der Waals surface area contributed by atoms with Gasteiger partial charge in [0, 0.05) is 17.2 Å². The van der Waals surface area contributed by atoms with Gasteiger partial charge in [-0.25, -0.2) is 13.2 Å². The second-order valence-corrected chi connectivity index (χ2v) is 4.41. The Morgan fingerprint density at radius 3 is 2.29 bits per heavy atom. The van der Waals surface area contributed by atoms with Crippen molar-refractivity contribution < 1.29 is 17.7 Å². The van der Waals surface area contributed by atoms with Gasteiger partial charge < -0.3 is 10.3 Å². The molecule has 2 aromatic carbocycles. The molecule has 0 aliphatic carbocycles. The first-order chi connectivity index (χ1) is 10.1. The molecule has 0 unspecified atom stereocenters. The van der Waals surface area contributed by atoms with Crippen molar-refractivity contribution >= 4 is 5.82 Å². The number of nitrogens with zero attached hydrogens (tertiary/aromatic N) is 1. The summed E-state index contributed by atoms with van der Waals surface area (Å²) in [6, 6.07) is 8.71. The van der Waals surface area contributed by atoms with E-state index in [-0.39, 0.29) is 28.3 Å². The van der Waals surface area contributed by atoms with Gasteiger partial charge in [0.1, 0.15) is 17.5 Å². The molecule has 0 amide bonds. The normalized spacial score (nSPS) is 10.8. The molecule has 3 aromatic rings. The molecule has 0 saturated carbocycles. The van der Waals surface area contributed by atoms with Crippen LogP contribution in [0.3, 0.4) is 0 Å². The number of rotatable bonds is 2. The summed E-state index contributed by atoms with van der Waals surface area (Å²) >= 11 is 0. The van der Waals surface area contributed by atoms with Crippen LogP contribution in [0.4, 0.5) is 19.0 Å². The van der Waals surface area contributed by atoms with Gasteiger partial charge in [-0.2, -0.15) is 0 Å². The lowest BCUT2D eigenvalue weighted by Gasteiger charge is -2.04. The first-order valence-corrected chi connectivity index (χ1v) is 6.03. The predicted molar refractivity (Wildman–Crippen MR) is 71.7 cm³/mol. The molecule has 1 heterocycles. The molecule has 2 N–H and O–H groups in total. The number of hydrogen-bond acceptors (Lipinski definition) is 3. The number of benzene rings is 2. The molecule has 1 aromatic heterocycles. The van der Waals surface area contributed by atoms with E-state index in [1.165, 1.54) is 18.2 Å². The van der Waals surface area contributed by atoms with Gasteiger partial charge in [0.25, 0.3) is 0 Å². The SMILES string of the molecule is Nc1noc(-c2cc(F)cc(F)c2)c1-c1ccccc1F. The summed E-state index contributed by atoms with van der Waals surface area (Å²) in [5.74, 6) is -2.14. The van der Waals surface area contributed by atoms with E-state index in [2.05, 4.69) is 5.16 Å². The van der Waals surface area contributed by atoms with E-state index >= 15 is 0 Å². The molecule has 21 heavy (non-hydrogen) atoms. The second-order valence-electron chi connectivity index (χ2n) is 4.41. The van der Waals surface area contributed by atoms with Gasteiger partial charge in [0.15, 0.2) is 11.6 Å². The fourth-order valence-electron chi connectivity index (χ4n) is 2.11. The topological polar surface area (TPSA) is 52.0 Å². The summed E-state index contributed by atoms with van der Waals surface area (Å²) in [5.41, 5.74) is 6.10. The maximum atomic E-state index is 13.9. The van der Waals surface area contributed by atoms with E-state index in [0.717, 1.165) is 18.2 Å². The first kappa shape index (κ1) is 13.2. The van der Waals surface area contributed by atoms with E-state index in [1.54, 1.807) is 6.07 Å². The molecule has 3 rings (SSSR count). The van der Waals surface area contributed by atoms with Crippen molar-refractivity contribution in [3.8, 4) is 22.5 Å². The number of hydrogen-bond donors (Lipinski definition) is 1. The van der Waals surface area contributed by atoms with Gasteiger partial charge in [-0.3, -0.25) is 0 Å². The predicted octanol–water partition coefficient (Wildman–Crippen LogP) is 4.01. The number of anilines is 1. The van der Waals surface area contributed by atoms with Gasteiger partial charge in [-0.1, -0.05) is 23.4 Å². The lowest BCUT2D eigenvalue weighted by Crippen LogP contribution is -1.92. The minimum atomic E-state index is -0.778. The molecule has 0 aliphatic heterocycles. The Kier molecular flexibility index (Phi) is 3.13. The van der Waals surface area contributed by atoms with E-state index in [9.17, 15) is 13.2 Å². The van der Waals surface area contributed by atoms with Crippen molar-refractivity contribution in [3.05, 3.63) is 59.9 Å². The van der Waals surface area contributed by atoms with Crippen molar-refractivity contribution in [3.63, 3.8) is 0 Å². The molecule has 0 bridgehead atoms. The molecular weight excluding hydrogens is 281 g/mol. The van der Waals surface area contributed by atoms with Crippen molar-refractivity contribution in [2.45, 2.75) is 0 Å². The number of aromatic nitrogens is 1. The third-order valence-corrected chi connectivity index (χ3v) is 2.99. The smallest absolute Gasteiger partial charge is 0.177 e. The number of nitrogen functional groups attached to an aromatic ring is 1. The number of halogens is 3. The van der Waals surface area contributed by atoms with Crippen LogP contribution in [0.25, 0.3) is 22.5 Å². The van der Waals surface area contributed by atoms with Crippen molar-refractivity contribution in [2.24, 2.45) is 0 Å². The Morgan fingerprint density at radius 1 is 0.952 bits per heavy atom. The summed E-state index contributed by atoms with van der Waals surface area (Å²) in [7, 11) is 0. The molecule has 0 saturated heterocycles. The Labute approximate surface area is 117 Å². The Hall–Kier alpha value is -2.76. The lowest BCUT2D eigenvalue weighted by molar-refractivity contribution is 0.435. The maximum absolute atomic E-state index is 13.9. The third kappa shape index (κ3) is 2.35. The average molecular weight is 290 g/mol. The fraction of sp³-hybridized carbons (Fsp3) is 0. The fourth-order valence-corrected chi connectivity index (χ4v) is 2.11. The van der Waals surface area contributed by atoms with Crippen molar-refractivity contribution in [1.82, 2.24) is 5.16 Å². The summed E-state index contributed by atoms with van der Waals surface area (Å²) < 4.78 is 45.6. The molecule has 3 nitrogen and oxygen atoms in total. The Balaban J connectivity index is 2.24. The van der Waals surface area contributed by atoms with Gasteiger partial charge in [0.2, 0.25) is 0 Å². The molecule has 106 valence electrons. The standard InChI is InChI=1S/C15H9F3N2O/c16-9-5-8(6-10(17)7-9)14-13(15(19)20-21-14)11-3-1-2-4-12(11)18/h1-7H,(H2,19,20). The van der Waals surface area contributed by atoms with Crippen LogP contribution in [0.5, 0.6) is 0 Å². The maximum Gasteiger partial charge on any atom is 0.177 e. The van der Waals surface area contributed by atoms with E-state index < -0.39 is 17.5 Å². The van der Waals surface area contributed by atoms with Crippen LogP contribution in [0.15, 0.2) is 47.0 Å². The first-order valence-electron chi connectivity index (χ1n) is 6.03. The zero-order valence-corrected chi connectivity index (χ0v) is 10.6. The molecule has 0 atom stereocenters. The highest BCUT2D eigenvalue weighted by Gasteiger charge is 2.21. The Morgan fingerprint density at radius 2 is 1.62 bits per heavy atom. The molecule has 0 radical (unpaired) electrons. The van der Waals surface area contributed by atoms with Crippen LogP contribution in [-0.4, -0.2) is 5.16 Å². The van der Waals surface area contributed by atoms with Crippen LogP contribution in [0, 0.1) is 17.5 Å². The quantitative estimate of drug-likeness (QED) is 0.776. The van der Waals surface area contributed by atoms with E-state index in [4.69, 9.17) is 10.3 Å². The Bertz CT molecular complexity index is 794. The molecule has 0 fully saturated rings. The highest BCUT2D eigenvalue weighted by molar-refractivity contribution is 5.86. The molecule has 0 spiro atoms. The molecular formula is C15H9F3N2O. The largest absolute Gasteiger partial charge is 0.380 e. The van der Waals surface area contributed by atoms with Crippen LogP contribution < -0.4 is 5.73 Å². The minimum Gasteiger partial charge on any atom is -0.380 e. The van der Waals surface area contributed by atoms with Gasteiger partial charge in [0.05, 0.1) is 5.56 Å². The van der Waals surface area contributed by atoms with Crippen LogP contribution in [-0.2, 0) is 0 Å². The zero-order chi connectivity index (χ0) is 15.0. The third-order valence-electron chi connectivity index (χ3n) is 2.99. The van der Waals surface area contributed by atoms with Gasteiger partial charge in [-0.05, 0) is 18.2 Å². The molecule has 0 aliphatic rings. The van der Waals surface area contributed by atoms with Crippen LogP contribution >= 0.6 is 0 Å².